The van der Waals surface area contributed by atoms with Crippen LogP contribution in [0.5, 0.6) is 5.75 Å². The third-order valence-corrected chi connectivity index (χ3v) is 3.23. The minimum atomic E-state index is -1.05. The van der Waals surface area contributed by atoms with Crippen molar-refractivity contribution >= 4 is 11.9 Å². The van der Waals surface area contributed by atoms with Crippen LogP contribution in [0.25, 0.3) is 0 Å². The maximum absolute atomic E-state index is 12.3. The molecule has 0 saturated heterocycles. The summed E-state index contributed by atoms with van der Waals surface area (Å²) < 4.78 is 4.76. The monoisotopic (exact) mass is 279 g/mol. The average molecular weight is 279 g/mol. The summed E-state index contributed by atoms with van der Waals surface area (Å²) in [5, 5.41) is 12.1. The molecule has 2 N–H and O–H groups in total. The number of hydrogen-bond donors (Lipinski definition) is 2. The van der Waals surface area contributed by atoms with Crippen molar-refractivity contribution in [3.8, 4) is 5.75 Å². The van der Waals surface area contributed by atoms with Gasteiger partial charge in [0.15, 0.2) is 0 Å². The number of carbonyl (C=O) groups is 2. The Bertz CT molecular complexity index is 513. The summed E-state index contributed by atoms with van der Waals surface area (Å²) in [5.74, 6) is -0.726. The SMILES string of the molecule is CCCC(C)(NC(=O)c1ccc(O)cc1C)C(=O)OC. The smallest absolute Gasteiger partial charge is 0.331 e. The molecule has 0 heterocycles. The molecule has 1 unspecified atom stereocenters. The summed E-state index contributed by atoms with van der Waals surface area (Å²) in [6.45, 7) is 5.30. The summed E-state index contributed by atoms with van der Waals surface area (Å²) >= 11 is 0. The Kier molecular flexibility index (Phi) is 5.13. The molecule has 0 spiro atoms. The minimum Gasteiger partial charge on any atom is -0.508 e. The fraction of sp³-hybridized carbons (Fsp3) is 0.467. The van der Waals surface area contributed by atoms with E-state index in [0.717, 1.165) is 6.42 Å². The second-order valence-electron chi connectivity index (χ2n) is 5.03. The predicted molar refractivity (Wildman–Crippen MR) is 75.6 cm³/mol. The minimum absolute atomic E-state index is 0.100. The van der Waals surface area contributed by atoms with Gasteiger partial charge < -0.3 is 15.2 Å². The first-order chi connectivity index (χ1) is 9.34. The number of aromatic hydroxyl groups is 1. The maximum Gasteiger partial charge on any atom is 0.331 e. The third kappa shape index (κ3) is 3.50. The van der Waals surface area contributed by atoms with Crippen LogP contribution in [0.15, 0.2) is 18.2 Å². The van der Waals surface area contributed by atoms with Crippen molar-refractivity contribution in [2.45, 2.75) is 39.2 Å². The molecule has 1 amide bonds. The van der Waals surface area contributed by atoms with Gasteiger partial charge in [-0.15, -0.1) is 0 Å². The van der Waals surface area contributed by atoms with Crippen LogP contribution in [0.3, 0.4) is 0 Å². The lowest BCUT2D eigenvalue weighted by atomic mass is 9.95. The highest BCUT2D eigenvalue weighted by molar-refractivity contribution is 5.99. The van der Waals surface area contributed by atoms with Gasteiger partial charge in [0.05, 0.1) is 7.11 Å². The zero-order valence-corrected chi connectivity index (χ0v) is 12.3. The molecular weight excluding hydrogens is 258 g/mol. The lowest BCUT2D eigenvalue weighted by Gasteiger charge is -2.27. The Morgan fingerprint density at radius 2 is 2.05 bits per heavy atom. The number of ether oxygens (including phenoxy) is 1. The number of phenolic OH excluding ortho intramolecular Hbond substituents is 1. The number of phenols is 1. The number of amides is 1. The van der Waals surface area contributed by atoms with E-state index in [1.807, 2.05) is 6.92 Å². The van der Waals surface area contributed by atoms with E-state index in [0.29, 0.717) is 17.5 Å². The number of carbonyl (C=O) groups excluding carboxylic acids is 2. The first-order valence-corrected chi connectivity index (χ1v) is 6.54. The number of esters is 1. The number of benzene rings is 1. The Labute approximate surface area is 118 Å². The topological polar surface area (TPSA) is 75.6 Å². The molecule has 20 heavy (non-hydrogen) atoms. The molecule has 0 radical (unpaired) electrons. The molecule has 5 heteroatoms. The van der Waals surface area contributed by atoms with Crippen LogP contribution in [-0.2, 0) is 9.53 Å². The van der Waals surface area contributed by atoms with Crippen molar-refractivity contribution in [1.29, 1.82) is 0 Å². The molecule has 1 aromatic carbocycles. The average Bonchev–Trinajstić information content (AvgIpc) is 2.37. The van der Waals surface area contributed by atoms with E-state index >= 15 is 0 Å². The molecule has 0 saturated carbocycles. The normalized spacial score (nSPS) is 13.4. The fourth-order valence-electron chi connectivity index (χ4n) is 2.16. The molecule has 0 aliphatic rings. The van der Waals surface area contributed by atoms with E-state index in [4.69, 9.17) is 4.74 Å². The second kappa shape index (κ2) is 6.41. The first kappa shape index (κ1) is 16.0. The van der Waals surface area contributed by atoms with Gasteiger partial charge in [0.2, 0.25) is 0 Å². The summed E-state index contributed by atoms with van der Waals surface area (Å²) in [4.78, 5) is 24.1. The zero-order valence-electron chi connectivity index (χ0n) is 12.3. The van der Waals surface area contributed by atoms with Crippen molar-refractivity contribution in [1.82, 2.24) is 5.32 Å². The van der Waals surface area contributed by atoms with Crippen molar-refractivity contribution in [2.24, 2.45) is 0 Å². The maximum atomic E-state index is 12.3. The summed E-state index contributed by atoms with van der Waals surface area (Å²) in [5.41, 5.74) is 0.0190. The van der Waals surface area contributed by atoms with Gasteiger partial charge in [0, 0.05) is 5.56 Å². The molecule has 0 fully saturated rings. The van der Waals surface area contributed by atoms with Crippen LogP contribution in [-0.4, -0.2) is 29.6 Å². The Balaban J connectivity index is 2.99. The largest absolute Gasteiger partial charge is 0.508 e. The second-order valence-corrected chi connectivity index (χ2v) is 5.03. The van der Waals surface area contributed by atoms with Crippen LogP contribution in [0.1, 0.15) is 42.6 Å². The molecular formula is C15H21NO4. The third-order valence-electron chi connectivity index (χ3n) is 3.23. The van der Waals surface area contributed by atoms with E-state index < -0.39 is 11.5 Å². The van der Waals surface area contributed by atoms with E-state index in [9.17, 15) is 14.7 Å². The van der Waals surface area contributed by atoms with E-state index in [1.54, 1.807) is 13.8 Å². The Hall–Kier alpha value is -2.04. The van der Waals surface area contributed by atoms with Gasteiger partial charge in [-0.2, -0.15) is 0 Å². The summed E-state index contributed by atoms with van der Waals surface area (Å²) in [6.07, 6.45) is 1.23. The fourth-order valence-corrected chi connectivity index (χ4v) is 2.16. The number of rotatable bonds is 5. The quantitative estimate of drug-likeness (QED) is 0.810. The van der Waals surface area contributed by atoms with Gasteiger partial charge in [0.1, 0.15) is 11.3 Å². The highest BCUT2D eigenvalue weighted by Gasteiger charge is 2.35. The van der Waals surface area contributed by atoms with Crippen LogP contribution in [0.2, 0.25) is 0 Å². The Morgan fingerprint density at radius 3 is 2.55 bits per heavy atom. The van der Waals surface area contributed by atoms with Gasteiger partial charge >= 0.3 is 5.97 Å². The highest BCUT2D eigenvalue weighted by atomic mass is 16.5. The van der Waals surface area contributed by atoms with Crippen molar-refractivity contribution < 1.29 is 19.4 Å². The number of hydrogen-bond acceptors (Lipinski definition) is 4. The van der Waals surface area contributed by atoms with Crippen molar-refractivity contribution in [3.05, 3.63) is 29.3 Å². The first-order valence-electron chi connectivity index (χ1n) is 6.54. The molecule has 0 aliphatic carbocycles. The zero-order chi connectivity index (χ0) is 15.3. The highest BCUT2D eigenvalue weighted by Crippen LogP contribution is 2.19. The molecule has 1 rings (SSSR count). The van der Waals surface area contributed by atoms with Crippen molar-refractivity contribution in [2.75, 3.05) is 7.11 Å². The molecule has 0 aliphatic heterocycles. The standard InChI is InChI=1S/C15H21NO4/c1-5-8-15(3,14(19)20-4)16-13(18)12-7-6-11(17)9-10(12)2/h6-7,9,17H,5,8H2,1-4H3,(H,16,18). The van der Waals surface area contributed by atoms with Gasteiger partial charge in [-0.3, -0.25) is 4.79 Å². The van der Waals surface area contributed by atoms with Crippen LogP contribution in [0.4, 0.5) is 0 Å². The van der Waals surface area contributed by atoms with Gasteiger partial charge in [-0.05, 0) is 44.0 Å². The number of nitrogens with one attached hydrogen (secondary N) is 1. The van der Waals surface area contributed by atoms with E-state index in [-0.39, 0.29) is 11.7 Å². The summed E-state index contributed by atoms with van der Waals surface area (Å²) in [6, 6.07) is 4.48. The molecule has 0 aromatic heterocycles. The van der Waals surface area contributed by atoms with E-state index in [1.165, 1.54) is 25.3 Å². The van der Waals surface area contributed by atoms with Crippen LogP contribution in [0, 0.1) is 6.92 Å². The van der Waals surface area contributed by atoms with Gasteiger partial charge in [-0.1, -0.05) is 13.3 Å². The Morgan fingerprint density at radius 1 is 1.40 bits per heavy atom. The molecule has 5 nitrogen and oxygen atoms in total. The van der Waals surface area contributed by atoms with E-state index in [2.05, 4.69) is 5.32 Å². The molecule has 110 valence electrons. The van der Waals surface area contributed by atoms with Gasteiger partial charge in [-0.25, -0.2) is 4.79 Å². The number of aryl methyl sites for hydroxylation is 1. The molecule has 0 bridgehead atoms. The van der Waals surface area contributed by atoms with Gasteiger partial charge in [0.25, 0.3) is 5.91 Å². The van der Waals surface area contributed by atoms with Crippen LogP contribution >= 0.6 is 0 Å². The lowest BCUT2D eigenvalue weighted by Crippen LogP contribution is -2.52. The molecule has 1 aromatic rings. The van der Waals surface area contributed by atoms with Crippen LogP contribution < -0.4 is 5.32 Å². The lowest BCUT2D eigenvalue weighted by molar-refractivity contribution is -0.147. The predicted octanol–water partition coefficient (Wildman–Crippen LogP) is 2.16. The summed E-state index contributed by atoms with van der Waals surface area (Å²) in [7, 11) is 1.30. The van der Waals surface area contributed by atoms with Crippen molar-refractivity contribution in [3.63, 3.8) is 0 Å². The number of methoxy groups -OCH3 is 1. The molecule has 1 atom stereocenters.